The molecule has 1 N–H and O–H groups in total. The van der Waals surface area contributed by atoms with Crippen LogP contribution in [0.1, 0.15) is 38.8 Å². The van der Waals surface area contributed by atoms with Gasteiger partial charge in [-0.15, -0.1) is 0 Å². The van der Waals surface area contributed by atoms with Gasteiger partial charge in [-0.3, -0.25) is 9.59 Å². The van der Waals surface area contributed by atoms with Crippen LogP contribution in [0, 0.1) is 6.92 Å². The summed E-state index contributed by atoms with van der Waals surface area (Å²) >= 11 is 0. The molecule has 0 saturated heterocycles. The second kappa shape index (κ2) is 8.06. The van der Waals surface area contributed by atoms with Gasteiger partial charge in [-0.25, -0.2) is 4.79 Å². The van der Waals surface area contributed by atoms with Crippen molar-refractivity contribution in [3.8, 4) is 0 Å². The Morgan fingerprint density at radius 1 is 1.00 bits per heavy atom. The number of carbonyl (C=O) groups excluding carboxylic acids is 3. The molecule has 0 bridgehead atoms. The Morgan fingerprint density at radius 3 is 2.33 bits per heavy atom. The molecule has 0 fully saturated rings. The van der Waals surface area contributed by atoms with Crippen LogP contribution in [-0.4, -0.2) is 24.3 Å². The van der Waals surface area contributed by atoms with Gasteiger partial charge in [-0.05, 0) is 31.5 Å². The molecule has 0 radical (unpaired) electrons. The van der Waals surface area contributed by atoms with E-state index in [1.165, 1.54) is 13.0 Å². The molecule has 0 aromatic heterocycles. The van der Waals surface area contributed by atoms with Crippen molar-refractivity contribution >= 4 is 17.7 Å². The molecule has 0 atom stereocenters. The van der Waals surface area contributed by atoms with Gasteiger partial charge < -0.3 is 10.1 Å². The summed E-state index contributed by atoms with van der Waals surface area (Å²) in [6, 6.07) is 14.0. The largest absolute Gasteiger partial charge is 0.452 e. The lowest BCUT2D eigenvalue weighted by molar-refractivity contribution is -0.124. The summed E-state index contributed by atoms with van der Waals surface area (Å²) in [6.07, 6.45) is 0. The second-order valence-corrected chi connectivity index (χ2v) is 5.48. The number of carbonyl (C=O) groups is 3. The predicted molar refractivity (Wildman–Crippen MR) is 89.8 cm³/mol. The van der Waals surface area contributed by atoms with E-state index >= 15 is 0 Å². The van der Waals surface area contributed by atoms with E-state index in [-0.39, 0.29) is 23.9 Å². The minimum Gasteiger partial charge on any atom is -0.452 e. The van der Waals surface area contributed by atoms with Crippen molar-refractivity contribution in [2.45, 2.75) is 20.4 Å². The van der Waals surface area contributed by atoms with Crippen LogP contribution in [0.25, 0.3) is 0 Å². The quantitative estimate of drug-likeness (QED) is 0.655. The van der Waals surface area contributed by atoms with Crippen LogP contribution in [0.4, 0.5) is 0 Å². The highest BCUT2D eigenvalue weighted by Crippen LogP contribution is 2.07. The van der Waals surface area contributed by atoms with Crippen LogP contribution < -0.4 is 5.32 Å². The Kier molecular flexibility index (Phi) is 5.84. The number of esters is 1. The Labute approximate surface area is 140 Å². The minimum atomic E-state index is -0.636. The van der Waals surface area contributed by atoms with Crippen molar-refractivity contribution in [2.75, 3.05) is 6.61 Å². The molecule has 24 heavy (non-hydrogen) atoms. The topological polar surface area (TPSA) is 72.5 Å². The molecule has 124 valence electrons. The molecule has 0 unspecified atom stereocenters. The number of amides is 1. The molecule has 0 aliphatic rings. The van der Waals surface area contributed by atoms with Gasteiger partial charge in [0.15, 0.2) is 12.4 Å². The molecule has 2 aromatic carbocycles. The third-order valence-corrected chi connectivity index (χ3v) is 3.45. The van der Waals surface area contributed by atoms with Gasteiger partial charge in [-0.1, -0.05) is 42.0 Å². The number of ether oxygens (including phenoxy) is 1. The van der Waals surface area contributed by atoms with Gasteiger partial charge in [0.25, 0.3) is 5.91 Å². The fourth-order valence-corrected chi connectivity index (χ4v) is 2.04. The van der Waals surface area contributed by atoms with Gasteiger partial charge in [0, 0.05) is 12.1 Å². The molecule has 0 aliphatic heterocycles. The summed E-state index contributed by atoms with van der Waals surface area (Å²) in [5.74, 6) is -1.16. The molecular formula is C19H19NO4. The Balaban J connectivity index is 1.82. The van der Waals surface area contributed by atoms with E-state index in [4.69, 9.17) is 4.74 Å². The fourth-order valence-electron chi connectivity index (χ4n) is 2.04. The first-order valence-corrected chi connectivity index (χ1v) is 7.56. The summed E-state index contributed by atoms with van der Waals surface area (Å²) in [5.41, 5.74) is 2.78. The third-order valence-electron chi connectivity index (χ3n) is 3.45. The summed E-state index contributed by atoms with van der Waals surface area (Å²) in [7, 11) is 0. The Hall–Kier alpha value is -2.95. The van der Waals surface area contributed by atoms with Crippen molar-refractivity contribution in [1.29, 1.82) is 0 Å². The summed E-state index contributed by atoms with van der Waals surface area (Å²) < 4.78 is 4.97. The number of aryl methyl sites for hydroxylation is 1. The van der Waals surface area contributed by atoms with Crippen LogP contribution in [-0.2, 0) is 16.1 Å². The zero-order valence-electron chi connectivity index (χ0n) is 13.7. The van der Waals surface area contributed by atoms with Crippen LogP contribution in [0.5, 0.6) is 0 Å². The average molecular weight is 325 g/mol. The SMILES string of the molecule is CC(=O)c1cccc(C(=O)OCC(=O)NCc2ccc(C)cc2)c1. The second-order valence-electron chi connectivity index (χ2n) is 5.48. The minimum absolute atomic E-state index is 0.138. The van der Waals surface area contributed by atoms with Gasteiger partial charge in [0.1, 0.15) is 0 Å². The number of rotatable bonds is 6. The van der Waals surface area contributed by atoms with Crippen molar-refractivity contribution < 1.29 is 19.1 Å². The normalized spacial score (nSPS) is 10.1. The van der Waals surface area contributed by atoms with E-state index in [1.807, 2.05) is 31.2 Å². The lowest BCUT2D eigenvalue weighted by atomic mass is 10.1. The number of ketones is 1. The molecule has 0 heterocycles. The maximum absolute atomic E-state index is 11.9. The Bertz CT molecular complexity index is 750. The van der Waals surface area contributed by atoms with E-state index in [1.54, 1.807) is 18.2 Å². The molecular weight excluding hydrogens is 306 g/mol. The first-order valence-electron chi connectivity index (χ1n) is 7.56. The van der Waals surface area contributed by atoms with Gasteiger partial charge in [0.05, 0.1) is 5.56 Å². The van der Waals surface area contributed by atoms with Crippen molar-refractivity contribution in [3.05, 3.63) is 70.8 Å². The van der Waals surface area contributed by atoms with E-state index < -0.39 is 5.97 Å². The van der Waals surface area contributed by atoms with Gasteiger partial charge >= 0.3 is 5.97 Å². The smallest absolute Gasteiger partial charge is 0.338 e. The highest BCUT2D eigenvalue weighted by atomic mass is 16.5. The predicted octanol–water partition coefficient (Wildman–Crippen LogP) is 2.67. The zero-order valence-corrected chi connectivity index (χ0v) is 13.7. The maximum Gasteiger partial charge on any atom is 0.338 e. The average Bonchev–Trinajstić information content (AvgIpc) is 2.59. The zero-order chi connectivity index (χ0) is 17.5. The van der Waals surface area contributed by atoms with Crippen LogP contribution in [0.3, 0.4) is 0 Å². The lowest BCUT2D eigenvalue weighted by Crippen LogP contribution is -2.28. The number of hydrogen-bond donors (Lipinski definition) is 1. The van der Waals surface area contributed by atoms with Crippen LogP contribution >= 0.6 is 0 Å². The van der Waals surface area contributed by atoms with Crippen molar-refractivity contribution in [1.82, 2.24) is 5.32 Å². The molecule has 5 nitrogen and oxygen atoms in total. The van der Waals surface area contributed by atoms with Gasteiger partial charge in [-0.2, -0.15) is 0 Å². The standard InChI is InChI=1S/C19H19NO4/c1-13-6-8-15(9-7-13)11-20-18(22)12-24-19(23)17-5-3-4-16(10-17)14(2)21/h3-10H,11-12H2,1-2H3,(H,20,22). The lowest BCUT2D eigenvalue weighted by Gasteiger charge is -2.07. The van der Waals surface area contributed by atoms with Crippen molar-refractivity contribution in [2.24, 2.45) is 0 Å². The maximum atomic E-state index is 11.9. The fraction of sp³-hybridized carbons (Fsp3) is 0.211. The summed E-state index contributed by atoms with van der Waals surface area (Å²) in [5, 5.41) is 2.68. The number of benzene rings is 2. The Morgan fingerprint density at radius 2 is 1.67 bits per heavy atom. The monoisotopic (exact) mass is 325 g/mol. The molecule has 0 saturated carbocycles. The first kappa shape index (κ1) is 17.4. The van der Waals surface area contributed by atoms with E-state index in [9.17, 15) is 14.4 Å². The molecule has 5 heteroatoms. The highest BCUT2D eigenvalue weighted by molar-refractivity contribution is 5.98. The third kappa shape index (κ3) is 5.05. The molecule has 2 rings (SSSR count). The molecule has 0 spiro atoms. The van der Waals surface area contributed by atoms with E-state index in [0.717, 1.165) is 11.1 Å². The molecule has 2 aromatic rings. The number of hydrogen-bond acceptors (Lipinski definition) is 4. The molecule has 0 aliphatic carbocycles. The summed E-state index contributed by atoms with van der Waals surface area (Å²) in [6.45, 7) is 3.41. The summed E-state index contributed by atoms with van der Waals surface area (Å²) in [4.78, 5) is 35.0. The van der Waals surface area contributed by atoms with E-state index in [0.29, 0.717) is 12.1 Å². The number of Topliss-reactive ketones (excluding diaryl/α,β-unsaturated/α-hetero) is 1. The van der Waals surface area contributed by atoms with Gasteiger partial charge in [0.2, 0.25) is 0 Å². The highest BCUT2D eigenvalue weighted by Gasteiger charge is 2.11. The molecule has 1 amide bonds. The first-order chi connectivity index (χ1) is 11.5. The van der Waals surface area contributed by atoms with Crippen molar-refractivity contribution in [3.63, 3.8) is 0 Å². The number of nitrogens with one attached hydrogen (secondary N) is 1. The van der Waals surface area contributed by atoms with E-state index in [2.05, 4.69) is 5.32 Å². The van der Waals surface area contributed by atoms with Crippen LogP contribution in [0.15, 0.2) is 48.5 Å². The van der Waals surface area contributed by atoms with Crippen LogP contribution in [0.2, 0.25) is 0 Å².